The average molecular weight is 422 g/mol. The largest absolute Gasteiger partial charge is 0.462 e. The summed E-state index contributed by atoms with van der Waals surface area (Å²) in [6.07, 6.45) is 4.63. The number of amides is 2. The Morgan fingerprint density at radius 3 is 2.93 bits per heavy atom. The predicted molar refractivity (Wildman–Crippen MR) is 113 cm³/mol. The molecule has 0 saturated heterocycles. The number of thiophene rings is 1. The predicted octanol–water partition coefficient (Wildman–Crippen LogP) is 3.38. The average Bonchev–Trinajstić information content (AvgIpc) is 3.42. The molecule has 0 aliphatic heterocycles. The molecule has 4 aromatic rings. The van der Waals surface area contributed by atoms with Gasteiger partial charge in [0.1, 0.15) is 17.5 Å². The van der Waals surface area contributed by atoms with Crippen LogP contribution in [0.3, 0.4) is 0 Å². The second-order valence-corrected chi connectivity index (χ2v) is 7.30. The summed E-state index contributed by atoms with van der Waals surface area (Å²) < 4.78 is 7.52. The molecule has 2 amide bonds. The van der Waals surface area contributed by atoms with E-state index in [9.17, 15) is 9.59 Å². The molecule has 0 unspecified atom stereocenters. The Hall–Kier alpha value is -3.79. The molecule has 3 heterocycles. The number of benzene rings is 1. The van der Waals surface area contributed by atoms with Gasteiger partial charge in [-0.1, -0.05) is 6.07 Å². The summed E-state index contributed by atoms with van der Waals surface area (Å²) in [5, 5.41) is 10.6. The van der Waals surface area contributed by atoms with Crippen LogP contribution < -0.4 is 10.6 Å². The number of aromatic nitrogens is 4. The molecular weight excluding hydrogens is 404 g/mol. The van der Waals surface area contributed by atoms with E-state index in [0.717, 1.165) is 15.6 Å². The molecule has 1 aromatic carbocycles. The van der Waals surface area contributed by atoms with Gasteiger partial charge in [-0.2, -0.15) is 5.10 Å². The molecular formula is C20H18N6O3S. The van der Waals surface area contributed by atoms with Gasteiger partial charge in [0.15, 0.2) is 5.82 Å². The molecule has 0 atom stereocenters. The zero-order valence-corrected chi connectivity index (χ0v) is 16.8. The van der Waals surface area contributed by atoms with Crippen molar-refractivity contribution < 1.29 is 14.3 Å². The Bertz CT molecular complexity index is 1190. The number of urea groups is 1. The van der Waals surface area contributed by atoms with Gasteiger partial charge in [-0.25, -0.2) is 24.2 Å². The third-order valence-electron chi connectivity index (χ3n) is 4.19. The van der Waals surface area contributed by atoms with E-state index in [-0.39, 0.29) is 18.5 Å². The number of hydrogen-bond donors (Lipinski definition) is 2. The third-order valence-corrected chi connectivity index (χ3v) is 5.29. The van der Waals surface area contributed by atoms with E-state index in [0.29, 0.717) is 23.0 Å². The van der Waals surface area contributed by atoms with Gasteiger partial charge in [0.2, 0.25) is 0 Å². The Morgan fingerprint density at radius 1 is 1.23 bits per heavy atom. The van der Waals surface area contributed by atoms with Crippen LogP contribution in [0.4, 0.5) is 10.5 Å². The number of anilines is 1. The van der Waals surface area contributed by atoms with Crippen molar-refractivity contribution in [2.24, 2.45) is 0 Å². The smallest absolute Gasteiger partial charge is 0.348 e. The molecule has 2 N–H and O–H groups in total. The maximum Gasteiger partial charge on any atom is 0.348 e. The van der Waals surface area contributed by atoms with Crippen LogP contribution in [0.25, 0.3) is 15.9 Å². The maximum absolute atomic E-state index is 12.4. The second-order valence-electron chi connectivity index (χ2n) is 6.22. The molecule has 9 nitrogen and oxygen atoms in total. The second kappa shape index (κ2) is 8.70. The Morgan fingerprint density at radius 2 is 2.13 bits per heavy atom. The fraction of sp³-hybridized carbons (Fsp3) is 0.150. The fourth-order valence-electron chi connectivity index (χ4n) is 2.87. The Labute approximate surface area is 175 Å². The molecule has 0 aliphatic rings. The first kappa shape index (κ1) is 19.5. The van der Waals surface area contributed by atoms with Crippen LogP contribution in [-0.4, -0.2) is 38.4 Å². The van der Waals surface area contributed by atoms with Gasteiger partial charge >= 0.3 is 12.0 Å². The number of carbonyl (C=O) groups is 2. The topological polar surface area (TPSA) is 111 Å². The van der Waals surface area contributed by atoms with Crippen LogP contribution in [0.5, 0.6) is 0 Å². The highest BCUT2D eigenvalue weighted by molar-refractivity contribution is 7.20. The van der Waals surface area contributed by atoms with Gasteiger partial charge in [-0.15, -0.1) is 11.3 Å². The molecule has 30 heavy (non-hydrogen) atoms. The molecule has 0 bridgehead atoms. The van der Waals surface area contributed by atoms with E-state index < -0.39 is 0 Å². The van der Waals surface area contributed by atoms with Crippen molar-refractivity contribution in [1.29, 1.82) is 0 Å². The monoisotopic (exact) mass is 422 g/mol. The minimum absolute atomic E-state index is 0.266. The Balaban J connectivity index is 1.42. The molecule has 0 radical (unpaired) electrons. The summed E-state index contributed by atoms with van der Waals surface area (Å²) >= 11 is 1.36. The van der Waals surface area contributed by atoms with Crippen molar-refractivity contribution in [3.8, 4) is 5.82 Å². The van der Waals surface area contributed by atoms with E-state index in [1.54, 1.807) is 42.3 Å². The molecule has 4 rings (SSSR count). The summed E-state index contributed by atoms with van der Waals surface area (Å²) in [7, 11) is 0. The van der Waals surface area contributed by atoms with Crippen molar-refractivity contribution in [3.05, 3.63) is 65.7 Å². The zero-order valence-electron chi connectivity index (χ0n) is 16.0. The molecule has 152 valence electrons. The molecule has 3 aromatic heterocycles. The number of nitrogens with one attached hydrogen (secondary N) is 2. The highest BCUT2D eigenvalue weighted by Gasteiger charge is 2.12. The van der Waals surface area contributed by atoms with Crippen LogP contribution >= 0.6 is 11.3 Å². The van der Waals surface area contributed by atoms with Crippen molar-refractivity contribution in [1.82, 2.24) is 25.1 Å². The van der Waals surface area contributed by atoms with Crippen LogP contribution in [0, 0.1) is 0 Å². The van der Waals surface area contributed by atoms with Crippen LogP contribution in [-0.2, 0) is 11.3 Å². The van der Waals surface area contributed by atoms with Gasteiger partial charge in [0.05, 0.1) is 6.61 Å². The number of ether oxygens (including phenoxy) is 1. The minimum atomic E-state index is -0.358. The number of pyridine rings is 1. The highest BCUT2D eigenvalue weighted by atomic mass is 32.1. The minimum Gasteiger partial charge on any atom is -0.462 e. The first-order chi connectivity index (χ1) is 14.6. The summed E-state index contributed by atoms with van der Waals surface area (Å²) in [6, 6.07) is 10.5. The van der Waals surface area contributed by atoms with E-state index in [1.165, 1.54) is 17.7 Å². The summed E-state index contributed by atoms with van der Waals surface area (Å²) in [4.78, 5) is 33.0. The summed E-state index contributed by atoms with van der Waals surface area (Å²) in [5.74, 6) is 0.257. The summed E-state index contributed by atoms with van der Waals surface area (Å²) in [5.41, 5.74) is 1.42. The number of esters is 1. The fourth-order valence-corrected chi connectivity index (χ4v) is 3.80. The summed E-state index contributed by atoms with van der Waals surface area (Å²) in [6.45, 7) is 2.37. The normalized spacial score (nSPS) is 10.7. The molecule has 10 heteroatoms. The molecule has 0 fully saturated rings. The standard InChI is InChI=1S/C20H18N6O3S/c1-2-29-19(27)17-9-14-8-15(5-6-16(14)30-17)25-20(28)23-10-13-4-3-7-22-18(13)26-12-21-11-24-26/h3-9,11-12H,2,10H2,1H3,(H2,23,25,28). The number of carbonyl (C=O) groups excluding carboxylic acids is 2. The lowest BCUT2D eigenvalue weighted by molar-refractivity contribution is 0.0532. The quantitative estimate of drug-likeness (QED) is 0.461. The molecule has 0 spiro atoms. The lowest BCUT2D eigenvalue weighted by Crippen LogP contribution is -2.28. The van der Waals surface area contributed by atoms with Crippen molar-refractivity contribution in [2.75, 3.05) is 11.9 Å². The lowest BCUT2D eigenvalue weighted by atomic mass is 10.2. The molecule has 0 saturated carbocycles. The van der Waals surface area contributed by atoms with E-state index in [4.69, 9.17) is 4.74 Å². The van der Waals surface area contributed by atoms with Gasteiger partial charge < -0.3 is 15.4 Å². The van der Waals surface area contributed by atoms with Crippen LogP contribution in [0.15, 0.2) is 55.2 Å². The van der Waals surface area contributed by atoms with Gasteiger partial charge in [-0.3, -0.25) is 0 Å². The first-order valence-electron chi connectivity index (χ1n) is 9.18. The van der Waals surface area contributed by atoms with Crippen LogP contribution in [0.1, 0.15) is 22.2 Å². The maximum atomic E-state index is 12.4. The number of nitrogens with zero attached hydrogens (tertiary/aromatic N) is 4. The van der Waals surface area contributed by atoms with Crippen LogP contribution in [0.2, 0.25) is 0 Å². The first-order valence-corrected chi connectivity index (χ1v) is 10.00. The lowest BCUT2D eigenvalue weighted by Gasteiger charge is -2.10. The van der Waals surface area contributed by atoms with E-state index >= 15 is 0 Å². The van der Waals surface area contributed by atoms with Gasteiger partial charge in [0, 0.05) is 28.7 Å². The van der Waals surface area contributed by atoms with Crippen molar-refractivity contribution in [3.63, 3.8) is 0 Å². The highest BCUT2D eigenvalue weighted by Crippen LogP contribution is 2.28. The SMILES string of the molecule is CCOC(=O)c1cc2cc(NC(=O)NCc3cccnc3-n3cncn3)ccc2s1. The zero-order chi connectivity index (χ0) is 20.9. The van der Waals surface area contributed by atoms with E-state index in [2.05, 4.69) is 25.7 Å². The molecule has 0 aliphatic carbocycles. The third kappa shape index (κ3) is 4.28. The number of hydrogen-bond acceptors (Lipinski definition) is 7. The Kier molecular flexibility index (Phi) is 5.66. The van der Waals surface area contributed by atoms with Gasteiger partial charge in [-0.05, 0) is 42.6 Å². The van der Waals surface area contributed by atoms with E-state index in [1.807, 2.05) is 18.2 Å². The number of fused-ring (bicyclic) bond motifs is 1. The van der Waals surface area contributed by atoms with Gasteiger partial charge in [0.25, 0.3) is 0 Å². The number of rotatable bonds is 6. The van der Waals surface area contributed by atoms with Crippen molar-refractivity contribution >= 4 is 39.1 Å². The van der Waals surface area contributed by atoms with Crippen molar-refractivity contribution in [2.45, 2.75) is 13.5 Å².